The second-order valence-electron chi connectivity index (χ2n) is 8.16. The highest BCUT2D eigenvalue weighted by Crippen LogP contribution is 2.12. The van der Waals surface area contributed by atoms with Crippen LogP contribution in [0.15, 0.2) is 4.99 Å². The molecule has 0 radical (unpaired) electrons. The normalized spacial score (nSPS) is 23.7. The van der Waals surface area contributed by atoms with Crippen LogP contribution in [0.25, 0.3) is 0 Å². The van der Waals surface area contributed by atoms with Crippen LogP contribution >= 0.6 is 0 Å². The van der Waals surface area contributed by atoms with Crippen LogP contribution in [0.2, 0.25) is 0 Å². The van der Waals surface area contributed by atoms with E-state index in [0.29, 0.717) is 45.4 Å². The molecule has 0 saturated carbocycles. The van der Waals surface area contributed by atoms with Gasteiger partial charge in [0.05, 0.1) is 37.2 Å². The van der Waals surface area contributed by atoms with E-state index < -0.39 is 15.6 Å². The van der Waals surface area contributed by atoms with E-state index in [4.69, 9.17) is 9.47 Å². The number of hydrogen-bond acceptors (Lipinski definition) is 7. The summed E-state index contributed by atoms with van der Waals surface area (Å²) in [5, 5.41) is 16.8. The molecule has 176 valence electrons. The first-order valence-corrected chi connectivity index (χ1v) is 12.6. The molecule has 2 saturated heterocycles. The molecule has 2 unspecified atom stereocenters. The predicted octanol–water partition coefficient (Wildman–Crippen LogP) is -0.887. The lowest BCUT2D eigenvalue weighted by Gasteiger charge is -2.33. The number of aliphatic imine (C=N–C) groups is 1. The molecule has 2 atom stereocenters. The van der Waals surface area contributed by atoms with Gasteiger partial charge in [-0.05, 0) is 33.1 Å². The molecule has 0 amide bonds. The number of morpholine rings is 1. The Bertz CT molecular complexity index is 617. The maximum atomic E-state index is 12.2. The van der Waals surface area contributed by atoms with E-state index in [-0.39, 0.29) is 24.9 Å². The molecule has 0 bridgehead atoms. The number of sulfonamides is 1. The molecule has 11 heteroatoms. The van der Waals surface area contributed by atoms with Gasteiger partial charge in [-0.1, -0.05) is 0 Å². The number of β-amino-alcohol motifs (C(OH)–C–C–N with tert-alkyl or cyclic N) is 1. The van der Waals surface area contributed by atoms with Gasteiger partial charge in [0.2, 0.25) is 10.0 Å². The fourth-order valence-electron chi connectivity index (χ4n) is 3.45. The fraction of sp³-hybridized carbons (Fsp3) is 0.947. The molecule has 30 heavy (non-hydrogen) atoms. The number of nitrogens with one attached hydrogen (secondary N) is 3. The average molecular weight is 450 g/mol. The lowest BCUT2D eigenvalue weighted by molar-refractivity contribution is -0.0180. The van der Waals surface area contributed by atoms with Crippen LogP contribution in [0, 0.1) is 0 Å². The SMILES string of the molecule is CCNC(=NCC(C)(O)CN1CCOCC1)NCCS(=O)(=O)NCC1CCCCO1. The van der Waals surface area contributed by atoms with E-state index in [9.17, 15) is 13.5 Å². The summed E-state index contributed by atoms with van der Waals surface area (Å²) in [6.07, 6.45) is 2.97. The molecule has 4 N–H and O–H groups in total. The Labute approximate surface area is 180 Å². The molecule has 10 nitrogen and oxygen atoms in total. The first kappa shape index (κ1) is 25.3. The van der Waals surface area contributed by atoms with Gasteiger partial charge in [0.15, 0.2) is 5.96 Å². The van der Waals surface area contributed by atoms with Crippen LogP contribution in [0.3, 0.4) is 0 Å². The van der Waals surface area contributed by atoms with Gasteiger partial charge in [-0.2, -0.15) is 0 Å². The van der Waals surface area contributed by atoms with Crippen LogP contribution < -0.4 is 15.4 Å². The largest absolute Gasteiger partial charge is 0.387 e. The van der Waals surface area contributed by atoms with Gasteiger partial charge in [-0.15, -0.1) is 0 Å². The summed E-state index contributed by atoms with van der Waals surface area (Å²) < 4.78 is 38.0. The zero-order valence-corrected chi connectivity index (χ0v) is 19.2. The van der Waals surface area contributed by atoms with Crippen molar-refractivity contribution in [1.29, 1.82) is 0 Å². The lowest BCUT2D eigenvalue weighted by Crippen LogP contribution is -2.48. The molecule has 0 aliphatic carbocycles. The van der Waals surface area contributed by atoms with Crippen molar-refractivity contribution < 1.29 is 23.0 Å². The highest BCUT2D eigenvalue weighted by atomic mass is 32.2. The summed E-state index contributed by atoms with van der Waals surface area (Å²) in [5.41, 5.74) is -0.979. The average Bonchev–Trinajstić information content (AvgIpc) is 2.72. The van der Waals surface area contributed by atoms with Crippen molar-refractivity contribution in [1.82, 2.24) is 20.3 Å². The summed E-state index contributed by atoms with van der Waals surface area (Å²) in [7, 11) is -3.40. The number of ether oxygens (including phenoxy) is 2. The molecule has 0 aromatic heterocycles. The highest BCUT2D eigenvalue weighted by Gasteiger charge is 2.25. The molecule has 2 fully saturated rings. The number of aliphatic hydroxyl groups is 1. The van der Waals surface area contributed by atoms with Crippen LogP contribution in [0.4, 0.5) is 0 Å². The van der Waals surface area contributed by atoms with Crippen molar-refractivity contribution in [3.05, 3.63) is 0 Å². The van der Waals surface area contributed by atoms with Crippen LogP contribution in [-0.4, -0.2) is 107 Å². The standard InChI is InChI=1S/C19H39N5O5S/c1-3-20-18(22-15-19(2,25)16-24-8-11-28-12-9-24)21-7-13-30(26,27)23-14-17-6-4-5-10-29-17/h17,23,25H,3-16H2,1-2H3,(H2,20,21,22). The Morgan fingerprint density at radius 3 is 2.67 bits per heavy atom. The van der Waals surface area contributed by atoms with E-state index in [2.05, 4.69) is 25.2 Å². The van der Waals surface area contributed by atoms with Gasteiger partial charge >= 0.3 is 0 Å². The fourth-order valence-corrected chi connectivity index (χ4v) is 4.40. The third-order valence-corrected chi connectivity index (χ3v) is 6.41. The van der Waals surface area contributed by atoms with Crippen molar-refractivity contribution in [2.75, 3.05) is 71.4 Å². The number of rotatable bonds is 11. The first-order valence-electron chi connectivity index (χ1n) is 10.9. The molecule has 2 aliphatic rings. The van der Waals surface area contributed by atoms with Gasteiger partial charge in [0.25, 0.3) is 0 Å². The zero-order valence-electron chi connectivity index (χ0n) is 18.4. The van der Waals surface area contributed by atoms with Gasteiger partial charge in [-0.3, -0.25) is 9.89 Å². The minimum absolute atomic E-state index is 0.0333. The van der Waals surface area contributed by atoms with Crippen molar-refractivity contribution in [2.45, 2.75) is 44.8 Å². The molecular formula is C19H39N5O5S. The minimum atomic E-state index is -3.40. The van der Waals surface area contributed by atoms with E-state index in [1.165, 1.54) is 0 Å². The molecular weight excluding hydrogens is 410 g/mol. The van der Waals surface area contributed by atoms with E-state index in [0.717, 1.165) is 32.4 Å². The maximum absolute atomic E-state index is 12.2. The van der Waals surface area contributed by atoms with Gasteiger partial charge < -0.3 is 25.2 Å². The summed E-state index contributed by atoms with van der Waals surface area (Å²) in [4.78, 5) is 6.60. The lowest BCUT2D eigenvalue weighted by atomic mass is 10.1. The van der Waals surface area contributed by atoms with E-state index >= 15 is 0 Å². The minimum Gasteiger partial charge on any atom is -0.387 e. The highest BCUT2D eigenvalue weighted by molar-refractivity contribution is 7.89. The summed E-state index contributed by atoms with van der Waals surface area (Å²) in [5.74, 6) is 0.430. The van der Waals surface area contributed by atoms with Gasteiger partial charge in [0.1, 0.15) is 0 Å². The molecule has 2 aliphatic heterocycles. The number of guanidine groups is 1. The predicted molar refractivity (Wildman–Crippen MR) is 117 cm³/mol. The monoisotopic (exact) mass is 449 g/mol. The van der Waals surface area contributed by atoms with Crippen molar-refractivity contribution in [3.63, 3.8) is 0 Å². The Morgan fingerprint density at radius 2 is 2.00 bits per heavy atom. The summed E-state index contributed by atoms with van der Waals surface area (Å²) >= 11 is 0. The Morgan fingerprint density at radius 1 is 1.23 bits per heavy atom. The van der Waals surface area contributed by atoms with Crippen molar-refractivity contribution in [2.24, 2.45) is 4.99 Å². The quantitative estimate of drug-likeness (QED) is 0.237. The van der Waals surface area contributed by atoms with Crippen LogP contribution in [0.5, 0.6) is 0 Å². The third kappa shape index (κ3) is 10.4. The maximum Gasteiger partial charge on any atom is 0.213 e. The molecule has 0 spiro atoms. The summed E-state index contributed by atoms with van der Waals surface area (Å²) in [6, 6.07) is 0. The topological polar surface area (TPSA) is 125 Å². The number of nitrogens with zero attached hydrogens (tertiary/aromatic N) is 2. The van der Waals surface area contributed by atoms with Gasteiger partial charge in [0, 0.05) is 45.9 Å². The van der Waals surface area contributed by atoms with Crippen LogP contribution in [0.1, 0.15) is 33.1 Å². The molecule has 0 aromatic rings. The number of hydrogen-bond donors (Lipinski definition) is 4. The second kappa shape index (κ2) is 12.8. The first-order chi connectivity index (χ1) is 14.3. The van der Waals surface area contributed by atoms with E-state index in [1.54, 1.807) is 6.92 Å². The second-order valence-corrected chi connectivity index (χ2v) is 10.1. The van der Waals surface area contributed by atoms with Crippen LogP contribution in [-0.2, 0) is 19.5 Å². The molecule has 0 aromatic carbocycles. The van der Waals surface area contributed by atoms with Gasteiger partial charge in [-0.25, -0.2) is 13.1 Å². The van der Waals surface area contributed by atoms with Crippen molar-refractivity contribution in [3.8, 4) is 0 Å². The summed E-state index contributed by atoms with van der Waals surface area (Å²) in [6.45, 7) is 9.27. The third-order valence-electron chi connectivity index (χ3n) is 5.06. The van der Waals surface area contributed by atoms with Crippen molar-refractivity contribution >= 4 is 16.0 Å². The van der Waals surface area contributed by atoms with E-state index in [1.807, 2.05) is 6.92 Å². The molecule has 2 heterocycles. The smallest absolute Gasteiger partial charge is 0.213 e. The Hall–Kier alpha value is -0.980. The Balaban J connectivity index is 1.74. The zero-order chi connectivity index (χ0) is 21.9. The Kier molecular flexibility index (Phi) is 10.8. The molecule has 2 rings (SSSR count).